The lowest BCUT2D eigenvalue weighted by molar-refractivity contribution is -0.137. The van der Waals surface area contributed by atoms with Crippen molar-refractivity contribution in [2.45, 2.75) is 12.7 Å². The molecule has 0 saturated carbocycles. The number of aromatic nitrogens is 2. The molecule has 2 aromatic heterocycles. The lowest BCUT2D eigenvalue weighted by Crippen LogP contribution is -2.26. The van der Waals surface area contributed by atoms with Gasteiger partial charge in [-0.3, -0.25) is 0 Å². The van der Waals surface area contributed by atoms with Crippen LogP contribution in [-0.4, -0.2) is 23.3 Å². The molecule has 0 fully saturated rings. The Hall–Kier alpha value is -3.59. The molecular weight excluding hydrogens is 451 g/mol. The van der Waals surface area contributed by atoms with Gasteiger partial charge in [0.1, 0.15) is 12.6 Å². The fourth-order valence-corrected chi connectivity index (χ4v) is 4.73. The van der Waals surface area contributed by atoms with Crippen molar-refractivity contribution in [2.24, 2.45) is 0 Å². The van der Waals surface area contributed by atoms with Crippen LogP contribution in [0.2, 0.25) is 0 Å². The predicted molar refractivity (Wildman–Crippen MR) is 120 cm³/mol. The molecule has 0 spiro atoms. The maximum absolute atomic E-state index is 13.2. The van der Waals surface area contributed by atoms with Gasteiger partial charge in [0.2, 0.25) is 6.79 Å². The molecule has 0 aliphatic carbocycles. The molecule has 1 aliphatic rings. The van der Waals surface area contributed by atoms with Crippen LogP contribution in [0.4, 0.5) is 19.0 Å². The number of hydrogen-bond acceptors (Lipinski definition) is 6. The van der Waals surface area contributed by atoms with E-state index in [1.807, 2.05) is 35.2 Å². The van der Waals surface area contributed by atoms with Crippen molar-refractivity contribution >= 4 is 27.4 Å². The van der Waals surface area contributed by atoms with Crippen LogP contribution in [0.25, 0.3) is 20.7 Å². The van der Waals surface area contributed by atoms with Crippen molar-refractivity contribution in [1.29, 1.82) is 0 Å². The molecule has 2 aromatic carbocycles. The van der Waals surface area contributed by atoms with E-state index < -0.39 is 11.7 Å². The third-order valence-electron chi connectivity index (χ3n) is 5.16. The number of benzene rings is 2. The van der Waals surface area contributed by atoms with E-state index in [2.05, 4.69) is 9.97 Å². The summed E-state index contributed by atoms with van der Waals surface area (Å²) in [6, 6.07) is 17.0. The van der Waals surface area contributed by atoms with E-state index in [0.29, 0.717) is 40.6 Å². The second kappa shape index (κ2) is 8.74. The van der Waals surface area contributed by atoms with Gasteiger partial charge in [-0.1, -0.05) is 42.5 Å². The average molecular weight is 469 g/mol. The number of ether oxygens (including phenoxy) is 2. The Balaban J connectivity index is 1.55. The van der Waals surface area contributed by atoms with Gasteiger partial charge in [-0.25, -0.2) is 9.97 Å². The number of rotatable bonds is 6. The van der Waals surface area contributed by atoms with Crippen LogP contribution in [0.5, 0.6) is 0 Å². The van der Waals surface area contributed by atoms with E-state index >= 15 is 0 Å². The van der Waals surface area contributed by atoms with Gasteiger partial charge in [-0.05, 0) is 29.3 Å². The van der Waals surface area contributed by atoms with Gasteiger partial charge in [-0.15, -0.1) is 11.3 Å². The Bertz CT molecular complexity index is 1310. The van der Waals surface area contributed by atoms with Crippen molar-refractivity contribution in [3.8, 4) is 10.4 Å². The first-order chi connectivity index (χ1) is 16.0. The Morgan fingerprint density at radius 2 is 1.82 bits per heavy atom. The normalized spacial score (nSPS) is 13.5. The molecule has 0 bridgehead atoms. The molecular formula is C24H18F3N3O2S. The fourth-order valence-electron chi connectivity index (χ4n) is 3.61. The van der Waals surface area contributed by atoms with Gasteiger partial charge in [0.05, 0.1) is 22.3 Å². The maximum atomic E-state index is 13.2. The lowest BCUT2D eigenvalue weighted by Gasteiger charge is -2.24. The predicted octanol–water partition coefficient (Wildman–Crippen LogP) is 6.23. The van der Waals surface area contributed by atoms with Gasteiger partial charge < -0.3 is 14.4 Å². The molecule has 0 atom stereocenters. The number of hydrogen-bond donors (Lipinski definition) is 0. The monoisotopic (exact) mass is 469 g/mol. The summed E-state index contributed by atoms with van der Waals surface area (Å²) >= 11 is 1.37. The molecule has 0 unspecified atom stereocenters. The summed E-state index contributed by atoms with van der Waals surface area (Å²) in [5.41, 5.74) is 1.56. The number of nitrogens with zero attached hydrogens (tertiary/aromatic N) is 3. The topological polar surface area (TPSA) is 47.5 Å². The first-order valence-corrected chi connectivity index (χ1v) is 10.9. The average Bonchev–Trinajstić information content (AvgIpc) is 3.48. The largest absolute Gasteiger partial charge is 0.462 e. The van der Waals surface area contributed by atoms with Crippen molar-refractivity contribution in [3.63, 3.8) is 0 Å². The van der Waals surface area contributed by atoms with E-state index in [1.54, 1.807) is 18.4 Å². The highest BCUT2D eigenvalue weighted by Crippen LogP contribution is 2.39. The lowest BCUT2D eigenvalue weighted by atomic mass is 10.1. The number of halogens is 3. The number of fused-ring (bicyclic) bond motifs is 1. The second-order valence-electron chi connectivity index (χ2n) is 7.46. The quantitative estimate of drug-likeness (QED) is 0.335. The van der Waals surface area contributed by atoms with Crippen LogP contribution in [0, 0.1) is 0 Å². The molecule has 168 valence electrons. The highest BCUT2D eigenvalue weighted by Gasteiger charge is 2.30. The third-order valence-corrected chi connectivity index (χ3v) is 6.33. The molecule has 1 aliphatic heterocycles. The van der Waals surface area contributed by atoms with Gasteiger partial charge in [-0.2, -0.15) is 13.2 Å². The number of anilines is 1. The van der Waals surface area contributed by atoms with Crippen LogP contribution < -0.4 is 4.90 Å². The Labute approximate surface area is 191 Å². The summed E-state index contributed by atoms with van der Waals surface area (Å²) < 4.78 is 51.1. The zero-order valence-corrected chi connectivity index (χ0v) is 18.1. The van der Waals surface area contributed by atoms with Crippen molar-refractivity contribution in [1.82, 2.24) is 9.97 Å². The molecule has 4 aromatic rings. The highest BCUT2D eigenvalue weighted by atomic mass is 32.1. The Kier molecular flexibility index (Phi) is 5.63. The molecule has 9 heteroatoms. The standard InChI is InChI=1S/C24H18F3N3O2S/c25-24(26,27)18-8-4-7-17(9-18)21-10-20-22(33-21)23(29-14-28-20)30(12-19-13-31-15-32-19)11-16-5-2-1-3-6-16/h1-10,13-14H,11-12,15H2. The van der Waals surface area contributed by atoms with E-state index in [4.69, 9.17) is 9.47 Å². The van der Waals surface area contributed by atoms with Gasteiger partial charge in [0.25, 0.3) is 0 Å². The maximum Gasteiger partial charge on any atom is 0.416 e. The summed E-state index contributed by atoms with van der Waals surface area (Å²) in [7, 11) is 0. The zero-order valence-electron chi connectivity index (χ0n) is 17.2. The van der Waals surface area contributed by atoms with E-state index in [1.165, 1.54) is 23.7 Å². The van der Waals surface area contributed by atoms with Gasteiger partial charge >= 0.3 is 6.18 Å². The molecule has 0 radical (unpaired) electrons. The molecule has 5 rings (SSSR count). The summed E-state index contributed by atoms with van der Waals surface area (Å²) in [6.45, 7) is 1.16. The minimum atomic E-state index is -4.40. The third kappa shape index (κ3) is 4.63. The minimum absolute atomic E-state index is 0.173. The van der Waals surface area contributed by atoms with Crippen LogP contribution >= 0.6 is 11.3 Å². The first-order valence-electron chi connectivity index (χ1n) is 10.1. The van der Waals surface area contributed by atoms with E-state index in [9.17, 15) is 13.2 Å². The van der Waals surface area contributed by atoms with Crippen LogP contribution in [0.15, 0.2) is 79.0 Å². The molecule has 0 N–H and O–H groups in total. The van der Waals surface area contributed by atoms with E-state index in [0.717, 1.165) is 22.4 Å². The molecule has 0 saturated heterocycles. The summed E-state index contributed by atoms with van der Waals surface area (Å²) in [4.78, 5) is 11.6. The summed E-state index contributed by atoms with van der Waals surface area (Å²) in [6.07, 6.45) is -1.35. The van der Waals surface area contributed by atoms with Crippen LogP contribution in [0.3, 0.4) is 0 Å². The highest BCUT2D eigenvalue weighted by molar-refractivity contribution is 7.22. The number of thiophene rings is 1. The van der Waals surface area contributed by atoms with Crippen LogP contribution in [0.1, 0.15) is 11.1 Å². The molecule has 0 amide bonds. The first kappa shape index (κ1) is 21.3. The minimum Gasteiger partial charge on any atom is -0.462 e. The smallest absolute Gasteiger partial charge is 0.416 e. The van der Waals surface area contributed by atoms with Gasteiger partial charge in [0, 0.05) is 11.4 Å². The summed E-state index contributed by atoms with van der Waals surface area (Å²) in [5, 5.41) is 0. The molecule has 3 heterocycles. The Morgan fingerprint density at radius 1 is 0.970 bits per heavy atom. The zero-order chi connectivity index (χ0) is 22.8. The van der Waals surface area contributed by atoms with Gasteiger partial charge in [0.15, 0.2) is 11.6 Å². The SMILES string of the molecule is FC(F)(F)c1cccc(-c2cc3ncnc(N(CC4=COCO4)Cc4ccccc4)c3s2)c1. The van der Waals surface area contributed by atoms with Crippen molar-refractivity contribution < 1.29 is 22.6 Å². The second-order valence-corrected chi connectivity index (χ2v) is 8.51. The fraction of sp³-hybridized carbons (Fsp3) is 0.167. The molecule has 5 nitrogen and oxygen atoms in total. The van der Waals surface area contributed by atoms with E-state index in [-0.39, 0.29) is 6.79 Å². The molecule has 33 heavy (non-hydrogen) atoms. The van der Waals surface area contributed by atoms with Crippen LogP contribution in [-0.2, 0) is 22.2 Å². The van der Waals surface area contributed by atoms with Crippen molar-refractivity contribution in [2.75, 3.05) is 18.2 Å². The van der Waals surface area contributed by atoms with Crippen molar-refractivity contribution in [3.05, 3.63) is 90.1 Å². The Morgan fingerprint density at radius 3 is 2.58 bits per heavy atom. The summed E-state index contributed by atoms with van der Waals surface area (Å²) in [5.74, 6) is 1.36. The number of alkyl halides is 3.